The summed E-state index contributed by atoms with van der Waals surface area (Å²) < 4.78 is 3.66. The number of halogens is 2. The predicted octanol–water partition coefficient (Wildman–Crippen LogP) is 2.48. The van der Waals surface area contributed by atoms with Crippen LogP contribution in [0.25, 0.3) is 0 Å². The van der Waals surface area contributed by atoms with Gasteiger partial charge in [-0.1, -0.05) is 33.8 Å². The van der Waals surface area contributed by atoms with Crippen LogP contribution in [0.15, 0.2) is 23.6 Å². The highest BCUT2D eigenvalue weighted by Crippen LogP contribution is 2.23. The fourth-order valence-electron chi connectivity index (χ4n) is 1.65. The monoisotopic (exact) mass is 331 g/mol. The van der Waals surface area contributed by atoms with Crippen molar-refractivity contribution in [3.05, 3.63) is 44.9 Å². The Morgan fingerprint density at radius 3 is 2.75 bits per heavy atom. The zero-order valence-corrected chi connectivity index (χ0v) is 12.6. The van der Waals surface area contributed by atoms with E-state index in [4.69, 9.17) is 28.3 Å². The van der Waals surface area contributed by atoms with Crippen molar-refractivity contribution in [2.75, 3.05) is 13.2 Å². The van der Waals surface area contributed by atoms with E-state index in [1.807, 2.05) is 0 Å². The fraction of sp³-hybridized carbons (Fsp3) is 0.250. The van der Waals surface area contributed by atoms with Crippen LogP contribution in [0.2, 0.25) is 10.0 Å². The third-order valence-electron chi connectivity index (χ3n) is 2.59. The number of hydrogen-bond acceptors (Lipinski definition) is 5. The molecule has 0 unspecified atom stereocenters. The molecule has 0 atom stereocenters. The Morgan fingerprint density at radius 2 is 2.15 bits per heavy atom. The summed E-state index contributed by atoms with van der Waals surface area (Å²) >= 11 is 12.9. The van der Waals surface area contributed by atoms with Gasteiger partial charge >= 0.3 is 0 Å². The van der Waals surface area contributed by atoms with E-state index in [-0.39, 0.29) is 24.8 Å². The number of aromatic nitrogens is 2. The molecule has 1 aromatic heterocycles. The minimum Gasteiger partial charge on any atom is -0.395 e. The van der Waals surface area contributed by atoms with E-state index in [1.165, 1.54) is 4.90 Å². The maximum Gasteiger partial charge on any atom is 0.275 e. The van der Waals surface area contributed by atoms with E-state index in [0.717, 1.165) is 17.1 Å². The molecule has 0 saturated carbocycles. The second kappa shape index (κ2) is 6.99. The van der Waals surface area contributed by atoms with Gasteiger partial charge in [0.2, 0.25) is 0 Å². The fourth-order valence-corrected chi connectivity index (χ4v) is 2.40. The van der Waals surface area contributed by atoms with Crippen molar-refractivity contribution in [1.29, 1.82) is 0 Å². The third kappa shape index (κ3) is 3.67. The summed E-state index contributed by atoms with van der Waals surface area (Å²) in [5.74, 6) is -0.279. The number of nitrogens with zero attached hydrogens (tertiary/aromatic N) is 3. The van der Waals surface area contributed by atoms with Gasteiger partial charge in [-0.05, 0) is 29.2 Å². The highest BCUT2D eigenvalue weighted by atomic mass is 35.5. The lowest BCUT2D eigenvalue weighted by molar-refractivity contribution is 0.0702. The summed E-state index contributed by atoms with van der Waals surface area (Å²) in [7, 11) is 0. The predicted molar refractivity (Wildman–Crippen MR) is 78.2 cm³/mol. The number of aliphatic hydroxyl groups excluding tert-OH is 1. The summed E-state index contributed by atoms with van der Waals surface area (Å²) in [5.41, 5.74) is 1.09. The van der Waals surface area contributed by atoms with Crippen molar-refractivity contribution in [2.24, 2.45) is 0 Å². The Labute approximate surface area is 129 Å². The first-order chi connectivity index (χ1) is 9.61. The molecule has 0 bridgehead atoms. The van der Waals surface area contributed by atoms with Crippen LogP contribution in [0.4, 0.5) is 0 Å². The molecule has 2 aromatic rings. The molecule has 0 radical (unpaired) electrons. The average Bonchev–Trinajstić information content (AvgIpc) is 2.95. The molecule has 0 aliphatic heterocycles. The van der Waals surface area contributed by atoms with Crippen LogP contribution in [0.3, 0.4) is 0 Å². The van der Waals surface area contributed by atoms with Crippen LogP contribution in [0.1, 0.15) is 16.1 Å². The summed E-state index contributed by atoms with van der Waals surface area (Å²) in [6, 6.07) is 5.15. The summed E-state index contributed by atoms with van der Waals surface area (Å²) in [5, 5.41) is 15.3. The van der Waals surface area contributed by atoms with Crippen LogP contribution in [-0.2, 0) is 6.54 Å². The normalized spacial score (nSPS) is 10.6. The molecule has 2 rings (SSSR count). The maximum absolute atomic E-state index is 12.2. The quantitative estimate of drug-likeness (QED) is 0.913. The van der Waals surface area contributed by atoms with Crippen molar-refractivity contribution < 1.29 is 9.90 Å². The standard InChI is InChI=1S/C12H11Cl2N3O2S/c13-9-2-1-8(5-10(9)14)6-17(3-4-18)12(19)11-7-20-16-15-11/h1-2,5,7,18H,3-4,6H2. The van der Waals surface area contributed by atoms with Crippen LogP contribution in [0.5, 0.6) is 0 Å². The molecule has 1 heterocycles. The molecule has 1 amide bonds. The van der Waals surface area contributed by atoms with Gasteiger partial charge in [0.15, 0.2) is 5.69 Å². The molecular formula is C12H11Cl2N3O2S. The Balaban J connectivity index is 2.16. The largest absolute Gasteiger partial charge is 0.395 e. The molecule has 20 heavy (non-hydrogen) atoms. The molecule has 106 valence electrons. The SMILES string of the molecule is O=C(c1csnn1)N(CCO)Cc1ccc(Cl)c(Cl)c1. The van der Waals surface area contributed by atoms with Gasteiger partial charge in [0, 0.05) is 18.5 Å². The van der Waals surface area contributed by atoms with Gasteiger partial charge < -0.3 is 10.0 Å². The molecule has 5 nitrogen and oxygen atoms in total. The lowest BCUT2D eigenvalue weighted by Gasteiger charge is -2.20. The number of carbonyl (C=O) groups is 1. The van der Waals surface area contributed by atoms with Crippen molar-refractivity contribution in [1.82, 2.24) is 14.5 Å². The van der Waals surface area contributed by atoms with Crippen molar-refractivity contribution in [2.45, 2.75) is 6.54 Å². The van der Waals surface area contributed by atoms with Crippen LogP contribution in [-0.4, -0.2) is 38.7 Å². The smallest absolute Gasteiger partial charge is 0.275 e. The van der Waals surface area contributed by atoms with Gasteiger partial charge in [0.1, 0.15) is 0 Å². The second-order valence-corrected chi connectivity index (χ2v) is 5.41. The van der Waals surface area contributed by atoms with Crippen LogP contribution < -0.4 is 0 Å². The van der Waals surface area contributed by atoms with E-state index in [9.17, 15) is 4.79 Å². The first kappa shape index (κ1) is 15.2. The zero-order valence-electron chi connectivity index (χ0n) is 10.3. The van der Waals surface area contributed by atoms with Gasteiger partial charge in [0.25, 0.3) is 5.91 Å². The first-order valence-electron chi connectivity index (χ1n) is 5.73. The van der Waals surface area contributed by atoms with Gasteiger partial charge in [-0.3, -0.25) is 4.79 Å². The van der Waals surface area contributed by atoms with E-state index >= 15 is 0 Å². The number of hydrogen-bond donors (Lipinski definition) is 1. The number of aliphatic hydroxyl groups is 1. The van der Waals surface area contributed by atoms with Crippen molar-refractivity contribution in [3.8, 4) is 0 Å². The Kier molecular flexibility index (Phi) is 5.31. The number of amides is 1. The molecule has 8 heteroatoms. The minimum atomic E-state index is -0.279. The summed E-state index contributed by atoms with van der Waals surface area (Å²) in [4.78, 5) is 13.7. The highest BCUT2D eigenvalue weighted by molar-refractivity contribution is 7.03. The molecule has 1 aromatic carbocycles. The topological polar surface area (TPSA) is 66.3 Å². The van der Waals surface area contributed by atoms with Crippen molar-refractivity contribution in [3.63, 3.8) is 0 Å². The Hall–Kier alpha value is -1.21. The van der Waals surface area contributed by atoms with E-state index in [0.29, 0.717) is 16.6 Å². The number of benzene rings is 1. The van der Waals surface area contributed by atoms with E-state index in [2.05, 4.69) is 9.59 Å². The molecule has 0 aliphatic carbocycles. The maximum atomic E-state index is 12.2. The van der Waals surface area contributed by atoms with E-state index < -0.39 is 0 Å². The van der Waals surface area contributed by atoms with Crippen LogP contribution in [0, 0.1) is 0 Å². The molecule has 1 N–H and O–H groups in total. The van der Waals surface area contributed by atoms with Crippen LogP contribution >= 0.6 is 34.7 Å². The Bertz CT molecular complexity index is 592. The second-order valence-electron chi connectivity index (χ2n) is 3.99. The van der Waals surface area contributed by atoms with Gasteiger partial charge in [-0.2, -0.15) is 0 Å². The lowest BCUT2D eigenvalue weighted by atomic mass is 10.2. The molecule has 0 spiro atoms. The summed E-state index contributed by atoms with van der Waals surface area (Å²) in [6.07, 6.45) is 0. The first-order valence-corrected chi connectivity index (χ1v) is 7.32. The van der Waals surface area contributed by atoms with Gasteiger partial charge in [0.05, 0.1) is 16.7 Å². The zero-order chi connectivity index (χ0) is 14.5. The highest BCUT2D eigenvalue weighted by Gasteiger charge is 2.18. The molecule has 0 aliphatic rings. The van der Waals surface area contributed by atoms with Gasteiger partial charge in [-0.25, -0.2) is 0 Å². The molecule has 0 fully saturated rings. The minimum absolute atomic E-state index is 0.134. The van der Waals surface area contributed by atoms with E-state index in [1.54, 1.807) is 23.6 Å². The third-order valence-corrected chi connectivity index (χ3v) is 3.84. The summed E-state index contributed by atoms with van der Waals surface area (Å²) in [6.45, 7) is 0.384. The molecule has 0 saturated heterocycles. The lowest BCUT2D eigenvalue weighted by Crippen LogP contribution is -2.33. The van der Waals surface area contributed by atoms with Crippen molar-refractivity contribution >= 4 is 40.6 Å². The number of carbonyl (C=O) groups excluding carboxylic acids is 1. The van der Waals surface area contributed by atoms with Gasteiger partial charge in [-0.15, -0.1) is 5.10 Å². The average molecular weight is 332 g/mol. The molecular weight excluding hydrogens is 321 g/mol. The number of rotatable bonds is 5. The Morgan fingerprint density at radius 1 is 1.35 bits per heavy atom.